The molecular weight excluding hydrogens is 204 g/mol. The van der Waals surface area contributed by atoms with Gasteiger partial charge in [-0.15, -0.1) is 0 Å². The Morgan fingerprint density at radius 1 is 1.31 bits per heavy atom. The van der Waals surface area contributed by atoms with Crippen LogP contribution in [-0.2, 0) is 4.74 Å². The Hall–Kier alpha value is -0.770. The zero-order valence-corrected chi connectivity index (χ0v) is 10.4. The summed E-state index contributed by atoms with van der Waals surface area (Å²) < 4.78 is 5.38. The summed E-state index contributed by atoms with van der Waals surface area (Å²) in [5.41, 5.74) is 5.62. The standard InChI is InChI=1S/C12H22N2O2/c1-12(2,3)16-11(15)14-6-8-4-9(7-14)10(13)5-8/h8-10H,4-7,13H2,1-3H3/t8-,9-,10+/m1/s1. The van der Waals surface area contributed by atoms with E-state index in [1.807, 2.05) is 25.7 Å². The normalized spacial score (nSPS) is 34.0. The average molecular weight is 226 g/mol. The minimum Gasteiger partial charge on any atom is -0.444 e. The number of hydrogen-bond acceptors (Lipinski definition) is 3. The molecule has 2 bridgehead atoms. The molecule has 1 aliphatic carbocycles. The SMILES string of the molecule is CC(C)(C)OC(=O)N1C[C@@H]2C[C@H](C1)[C@@H](N)C2. The van der Waals surface area contributed by atoms with Crippen LogP contribution in [0.5, 0.6) is 0 Å². The number of likely N-dealkylation sites (tertiary alicyclic amines) is 1. The fourth-order valence-electron chi connectivity index (χ4n) is 2.78. The second-order valence-corrected chi connectivity index (χ2v) is 6.15. The first-order valence-corrected chi connectivity index (χ1v) is 6.08. The predicted octanol–water partition coefficient (Wildman–Crippen LogP) is 1.59. The molecule has 0 spiro atoms. The summed E-state index contributed by atoms with van der Waals surface area (Å²) in [7, 11) is 0. The van der Waals surface area contributed by atoms with Gasteiger partial charge in [-0.1, -0.05) is 0 Å². The van der Waals surface area contributed by atoms with E-state index in [1.165, 1.54) is 6.42 Å². The first kappa shape index (κ1) is 11.7. The third-order valence-electron chi connectivity index (χ3n) is 3.43. The van der Waals surface area contributed by atoms with E-state index in [1.54, 1.807) is 0 Å². The molecule has 1 saturated carbocycles. The highest BCUT2D eigenvalue weighted by molar-refractivity contribution is 5.68. The van der Waals surface area contributed by atoms with Crippen LogP contribution in [0.1, 0.15) is 33.6 Å². The van der Waals surface area contributed by atoms with Crippen LogP contribution in [-0.4, -0.2) is 35.7 Å². The van der Waals surface area contributed by atoms with Gasteiger partial charge in [0, 0.05) is 19.1 Å². The van der Waals surface area contributed by atoms with Gasteiger partial charge >= 0.3 is 6.09 Å². The van der Waals surface area contributed by atoms with E-state index >= 15 is 0 Å². The van der Waals surface area contributed by atoms with Crippen molar-refractivity contribution in [2.75, 3.05) is 13.1 Å². The number of amides is 1. The molecule has 92 valence electrons. The van der Waals surface area contributed by atoms with Gasteiger partial charge in [0.05, 0.1) is 0 Å². The van der Waals surface area contributed by atoms with Crippen molar-refractivity contribution in [2.24, 2.45) is 17.6 Å². The molecule has 0 unspecified atom stereocenters. The van der Waals surface area contributed by atoms with Gasteiger partial charge in [-0.2, -0.15) is 0 Å². The van der Waals surface area contributed by atoms with Gasteiger partial charge in [-0.3, -0.25) is 0 Å². The first-order valence-electron chi connectivity index (χ1n) is 6.08. The van der Waals surface area contributed by atoms with Crippen molar-refractivity contribution in [3.63, 3.8) is 0 Å². The van der Waals surface area contributed by atoms with Crippen LogP contribution in [0.15, 0.2) is 0 Å². The molecule has 2 fully saturated rings. The number of nitrogens with two attached hydrogens (primary N) is 1. The van der Waals surface area contributed by atoms with Gasteiger partial charge in [0.1, 0.15) is 5.60 Å². The quantitative estimate of drug-likeness (QED) is 0.682. The van der Waals surface area contributed by atoms with Crippen molar-refractivity contribution >= 4 is 6.09 Å². The lowest BCUT2D eigenvalue weighted by Crippen LogP contribution is -2.45. The summed E-state index contributed by atoms with van der Waals surface area (Å²) in [5.74, 6) is 1.06. The van der Waals surface area contributed by atoms with E-state index in [9.17, 15) is 4.79 Å². The van der Waals surface area contributed by atoms with Crippen LogP contribution < -0.4 is 5.73 Å². The molecule has 0 aromatic heterocycles. The summed E-state index contributed by atoms with van der Waals surface area (Å²) in [6.45, 7) is 7.28. The Morgan fingerprint density at radius 3 is 2.56 bits per heavy atom. The highest BCUT2D eigenvalue weighted by Gasteiger charge is 2.40. The molecule has 3 atom stereocenters. The first-order chi connectivity index (χ1) is 7.35. The zero-order chi connectivity index (χ0) is 11.9. The van der Waals surface area contributed by atoms with E-state index < -0.39 is 5.60 Å². The number of carbonyl (C=O) groups is 1. The summed E-state index contributed by atoms with van der Waals surface area (Å²) in [4.78, 5) is 13.7. The van der Waals surface area contributed by atoms with Crippen LogP contribution in [0.25, 0.3) is 0 Å². The van der Waals surface area contributed by atoms with Crippen LogP contribution in [0.3, 0.4) is 0 Å². The fraction of sp³-hybridized carbons (Fsp3) is 0.917. The van der Waals surface area contributed by atoms with Crippen LogP contribution >= 0.6 is 0 Å². The van der Waals surface area contributed by atoms with Crippen LogP contribution in [0.4, 0.5) is 4.79 Å². The molecule has 1 amide bonds. The number of carbonyl (C=O) groups excluding carboxylic acids is 1. The highest BCUT2D eigenvalue weighted by atomic mass is 16.6. The lowest BCUT2D eigenvalue weighted by molar-refractivity contribution is 0.0152. The van der Waals surface area contributed by atoms with Crippen molar-refractivity contribution in [2.45, 2.75) is 45.3 Å². The van der Waals surface area contributed by atoms with Gasteiger partial charge in [0.2, 0.25) is 0 Å². The highest BCUT2D eigenvalue weighted by Crippen LogP contribution is 2.36. The van der Waals surface area contributed by atoms with Gasteiger partial charge in [-0.25, -0.2) is 4.79 Å². The lowest BCUT2D eigenvalue weighted by Gasteiger charge is -2.33. The van der Waals surface area contributed by atoms with Gasteiger partial charge in [0.15, 0.2) is 0 Å². The maximum Gasteiger partial charge on any atom is 0.410 e. The van der Waals surface area contributed by atoms with E-state index in [0.717, 1.165) is 19.5 Å². The molecule has 2 aliphatic rings. The van der Waals surface area contributed by atoms with Crippen LogP contribution in [0, 0.1) is 11.8 Å². The third kappa shape index (κ3) is 2.48. The largest absolute Gasteiger partial charge is 0.444 e. The number of hydrogen-bond donors (Lipinski definition) is 1. The monoisotopic (exact) mass is 226 g/mol. The maximum absolute atomic E-state index is 11.9. The molecule has 2 rings (SSSR count). The molecule has 1 aliphatic heterocycles. The molecule has 4 heteroatoms. The summed E-state index contributed by atoms with van der Waals surface area (Å²) in [6, 6.07) is 0.275. The van der Waals surface area contributed by atoms with Crippen molar-refractivity contribution in [3.05, 3.63) is 0 Å². The lowest BCUT2D eigenvalue weighted by atomic mass is 9.98. The minimum atomic E-state index is -0.407. The van der Waals surface area contributed by atoms with Crippen molar-refractivity contribution in [1.29, 1.82) is 0 Å². The Kier molecular flexibility index (Phi) is 2.86. The van der Waals surface area contributed by atoms with E-state index in [2.05, 4.69) is 0 Å². The van der Waals surface area contributed by atoms with E-state index in [4.69, 9.17) is 10.5 Å². The molecular formula is C12H22N2O2. The number of fused-ring (bicyclic) bond motifs is 2. The second-order valence-electron chi connectivity index (χ2n) is 6.15. The topological polar surface area (TPSA) is 55.6 Å². The Balaban J connectivity index is 1.94. The molecule has 0 radical (unpaired) electrons. The molecule has 4 nitrogen and oxygen atoms in total. The van der Waals surface area contributed by atoms with Gasteiger partial charge < -0.3 is 15.4 Å². The number of nitrogens with zero attached hydrogens (tertiary/aromatic N) is 1. The molecule has 1 saturated heterocycles. The fourth-order valence-corrected chi connectivity index (χ4v) is 2.78. The molecule has 0 aromatic carbocycles. The second kappa shape index (κ2) is 3.91. The molecule has 1 heterocycles. The smallest absolute Gasteiger partial charge is 0.410 e. The number of piperidine rings is 1. The van der Waals surface area contributed by atoms with Crippen molar-refractivity contribution < 1.29 is 9.53 Å². The average Bonchev–Trinajstić information content (AvgIpc) is 2.37. The predicted molar refractivity (Wildman–Crippen MR) is 62.0 cm³/mol. The van der Waals surface area contributed by atoms with Crippen LogP contribution in [0.2, 0.25) is 0 Å². The Labute approximate surface area is 97.1 Å². The van der Waals surface area contributed by atoms with Gasteiger partial charge in [-0.05, 0) is 45.4 Å². The zero-order valence-electron chi connectivity index (χ0n) is 10.4. The van der Waals surface area contributed by atoms with E-state index in [0.29, 0.717) is 11.8 Å². The van der Waals surface area contributed by atoms with Gasteiger partial charge in [0.25, 0.3) is 0 Å². The van der Waals surface area contributed by atoms with Crippen molar-refractivity contribution in [1.82, 2.24) is 4.90 Å². The number of rotatable bonds is 0. The minimum absolute atomic E-state index is 0.184. The summed E-state index contributed by atoms with van der Waals surface area (Å²) >= 11 is 0. The van der Waals surface area contributed by atoms with E-state index in [-0.39, 0.29) is 12.1 Å². The third-order valence-corrected chi connectivity index (χ3v) is 3.43. The Morgan fingerprint density at radius 2 is 2.00 bits per heavy atom. The number of ether oxygens (including phenoxy) is 1. The molecule has 16 heavy (non-hydrogen) atoms. The molecule has 2 N–H and O–H groups in total. The summed E-state index contributed by atoms with van der Waals surface area (Å²) in [6.07, 6.45) is 2.06. The van der Waals surface area contributed by atoms with Crippen molar-refractivity contribution in [3.8, 4) is 0 Å². The Bertz CT molecular complexity index is 283. The summed E-state index contributed by atoms with van der Waals surface area (Å²) in [5, 5.41) is 0. The molecule has 0 aromatic rings. The maximum atomic E-state index is 11.9.